The fraction of sp³-hybridized carbons (Fsp3) is 0.278. The molecule has 2 aromatic carbocycles. The zero-order valence-corrected chi connectivity index (χ0v) is 15.1. The summed E-state index contributed by atoms with van der Waals surface area (Å²) >= 11 is 5.88. The van der Waals surface area contributed by atoms with Crippen LogP contribution in [0.2, 0.25) is 5.02 Å². The molecule has 1 saturated heterocycles. The van der Waals surface area contributed by atoms with E-state index in [1.54, 1.807) is 24.3 Å². The Morgan fingerprint density at radius 2 is 2.00 bits per heavy atom. The van der Waals surface area contributed by atoms with Gasteiger partial charge in [0.15, 0.2) is 5.75 Å². The topological polar surface area (TPSA) is 59.6 Å². The van der Waals surface area contributed by atoms with Crippen LogP contribution in [0.25, 0.3) is 0 Å². The monoisotopic (exact) mass is 382 g/mol. The first kappa shape index (κ1) is 19.5. The SMILES string of the molecule is Cl.O=C(CC1COCCN1)Nc1ccccc1Oc1ccc(Cl)cc1. The first-order valence-electron chi connectivity index (χ1n) is 7.84. The second-order valence-corrected chi connectivity index (χ2v) is 5.97. The molecule has 3 rings (SSSR count). The highest BCUT2D eigenvalue weighted by atomic mass is 35.5. The van der Waals surface area contributed by atoms with E-state index in [1.807, 2.05) is 24.3 Å². The molecule has 1 amide bonds. The third-order valence-electron chi connectivity index (χ3n) is 3.63. The summed E-state index contributed by atoms with van der Waals surface area (Å²) in [5, 5.41) is 6.81. The number of halogens is 2. The number of morpholine rings is 1. The number of carbonyl (C=O) groups excluding carboxylic acids is 1. The van der Waals surface area contributed by atoms with Gasteiger partial charge < -0.3 is 20.1 Å². The van der Waals surface area contributed by atoms with Gasteiger partial charge in [-0.1, -0.05) is 23.7 Å². The average molecular weight is 383 g/mol. The summed E-state index contributed by atoms with van der Waals surface area (Å²) < 4.78 is 11.2. The largest absolute Gasteiger partial charge is 0.455 e. The number of ether oxygens (including phenoxy) is 2. The normalized spacial score (nSPS) is 16.6. The first-order chi connectivity index (χ1) is 11.7. The number of benzene rings is 2. The van der Waals surface area contributed by atoms with Gasteiger partial charge in [0.2, 0.25) is 5.91 Å². The van der Waals surface area contributed by atoms with Gasteiger partial charge in [-0.2, -0.15) is 0 Å². The highest BCUT2D eigenvalue weighted by molar-refractivity contribution is 6.30. The van der Waals surface area contributed by atoms with Gasteiger partial charge in [-0.3, -0.25) is 4.79 Å². The lowest BCUT2D eigenvalue weighted by Gasteiger charge is -2.23. The van der Waals surface area contributed by atoms with Gasteiger partial charge in [0.1, 0.15) is 5.75 Å². The Bertz CT molecular complexity index is 689. The van der Waals surface area contributed by atoms with Gasteiger partial charge in [-0.05, 0) is 36.4 Å². The van der Waals surface area contributed by atoms with Crippen LogP contribution in [0, 0.1) is 0 Å². The zero-order valence-electron chi connectivity index (χ0n) is 13.5. The maximum atomic E-state index is 12.3. The first-order valence-corrected chi connectivity index (χ1v) is 8.22. The van der Waals surface area contributed by atoms with Crippen LogP contribution in [-0.4, -0.2) is 31.7 Å². The van der Waals surface area contributed by atoms with Crippen molar-refractivity contribution >= 4 is 35.6 Å². The van der Waals surface area contributed by atoms with E-state index in [0.717, 1.165) is 6.54 Å². The smallest absolute Gasteiger partial charge is 0.226 e. The molecule has 7 heteroatoms. The summed E-state index contributed by atoms with van der Waals surface area (Å²) in [6.45, 7) is 2.01. The molecule has 2 N–H and O–H groups in total. The van der Waals surface area contributed by atoms with Crippen molar-refractivity contribution in [2.45, 2.75) is 12.5 Å². The molecule has 25 heavy (non-hydrogen) atoms. The number of hydrogen-bond acceptors (Lipinski definition) is 4. The van der Waals surface area contributed by atoms with E-state index >= 15 is 0 Å². The molecule has 2 aromatic rings. The molecule has 1 atom stereocenters. The molecule has 0 saturated carbocycles. The minimum absolute atomic E-state index is 0. The lowest BCUT2D eigenvalue weighted by molar-refractivity contribution is -0.117. The van der Waals surface area contributed by atoms with Gasteiger partial charge >= 0.3 is 0 Å². The van der Waals surface area contributed by atoms with Crippen molar-refractivity contribution in [2.75, 3.05) is 25.1 Å². The van der Waals surface area contributed by atoms with Crippen LogP contribution in [0.4, 0.5) is 5.69 Å². The summed E-state index contributed by atoms with van der Waals surface area (Å²) in [4.78, 5) is 12.3. The average Bonchev–Trinajstić information content (AvgIpc) is 2.59. The fourth-order valence-corrected chi connectivity index (χ4v) is 2.59. The molecular formula is C18H20Cl2N2O3. The van der Waals surface area contributed by atoms with Crippen molar-refractivity contribution in [3.05, 3.63) is 53.6 Å². The lowest BCUT2D eigenvalue weighted by Crippen LogP contribution is -2.43. The number of rotatable bonds is 5. The molecule has 0 radical (unpaired) electrons. The number of carbonyl (C=O) groups is 1. The van der Waals surface area contributed by atoms with E-state index < -0.39 is 0 Å². The highest BCUT2D eigenvalue weighted by Crippen LogP contribution is 2.30. The Hall–Kier alpha value is -1.79. The van der Waals surface area contributed by atoms with Crippen molar-refractivity contribution in [3.63, 3.8) is 0 Å². The molecule has 0 aromatic heterocycles. The lowest BCUT2D eigenvalue weighted by atomic mass is 10.2. The molecule has 1 heterocycles. The number of para-hydroxylation sites is 2. The predicted molar refractivity (Wildman–Crippen MR) is 101 cm³/mol. The number of amides is 1. The Kier molecular flexibility index (Phi) is 7.52. The second-order valence-electron chi connectivity index (χ2n) is 5.53. The van der Waals surface area contributed by atoms with Crippen LogP contribution in [0.3, 0.4) is 0 Å². The fourth-order valence-electron chi connectivity index (χ4n) is 2.46. The molecule has 0 aliphatic carbocycles. The molecule has 1 aliphatic rings. The van der Waals surface area contributed by atoms with Gasteiger partial charge in [-0.15, -0.1) is 12.4 Å². The second kappa shape index (κ2) is 9.63. The van der Waals surface area contributed by atoms with E-state index in [1.165, 1.54) is 0 Å². The van der Waals surface area contributed by atoms with Crippen LogP contribution in [0.15, 0.2) is 48.5 Å². The Balaban J connectivity index is 0.00000225. The van der Waals surface area contributed by atoms with Crippen molar-refractivity contribution < 1.29 is 14.3 Å². The summed E-state index contributed by atoms with van der Waals surface area (Å²) in [5.41, 5.74) is 0.633. The molecule has 134 valence electrons. The Morgan fingerprint density at radius 1 is 1.24 bits per heavy atom. The van der Waals surface area contributed by atoms with Crippen molar-refractivity contribution in [1.29, 1.82) is 0 Å². The van der Waals surface area contributed by atoms with Gasteiger partial charge in [0, 0.05) is 24.0 Å². The van der Waals surface area contributed by atoms with Crippen molar-refractivity contribution in [3.8, 4) is 11.5 Å². The maximum absolute atomic E-state index is 12.3. The van der Waals surface area contributed by atoms with Gasteiger partial charge in [-0.25, -0.2) is 0 Å². The molecule has 0 bridgehead atoms. The van der Waals surface area contributed by atoms with Gasteiger partial charge in [0.05, 0.1) is 18.9 Å². The number of hydrogen-bond donors (Lipinski definition) is 2. The third kappa shape index (κ3) is 5.90. The van der Waals surface area contributed by atoms with Crippen molar-refractivity contribution in [1.82, 2.24) is 5.32 Å². The van der Waals surface area contributed by atoms with E-state index in [9.17, 15) is 4.79 Å². The van der Waals surface area contributed by atoms with E-state index in [0.29, 0.717) is 41.8 Å². The molecule has 0 spiro atoms. The summed E-state index contributed by atoms with van der Waals surface area (Å²) in [6, 6.07) is 14.5. The number of nitrogens with one attached hydrogen (secondary N) is 2. The third-order valence-corrected chi connectivity index (χ3v) is 3.88. The predicted octanol–water partition coefficient (Wildman–Crippen LogP) is 3.87. The number of anilines is 1. The zero-order chi connectivity index (χ0) is 16.8. The minimum atomic E-state index is -0.0786. The van der Waals surface area contributed by atoms with Crippen LogP contribution in [0.1, 0.15) is 6.42 Å². The summed E-state index contributed by atoms with van der Waals surface area (Å²) in [5.74, 6) is 1.16. The Labute approximate surface area is 158 Å². The maximum Gasteiger partial charge on any atom is 0.226 e. The molecule has 5 nitrogen and oxygen atoms in total. The molecular weight excluding hydrogens is 363 g/mol. The van der Waals surface area contributed by atoms with Gasteiger partial charge in [0.25, 0.3) is 0 Å². The summed E-state index contributed by atoms with van der Waals surface area (Å²) in [7, 11) is 0. The summed E-state index contributed by atoms with van der Waals surface area (Å²) in [6.07, 6.45) is 0.356. The standard InChI is InChI=1S/C18H19ClN2O3.ClH/c19-13-5-7-15(8-6-13)24-17-4-2-1-3-16(17)21-18(22)11-14-12-23-10-9-20-14;/h1-8,14,20H,9-12H2,(H,21,22);1H. The quantitative estimate of drug-likeness (QED) is 0.823. The van der Waals surface area contributed by atoms with Crippen LogP contribution >= 0.6 is 24.0 Å². The molecule has 1 fully saturated rings. The van der Waals surface area contributed by atoms with Crippen LogP contribution in [0.5, 0.6) is 11.5 Å². The van der Waals surface area contributed by atoms with E-state index in [4.69, 9.17) is 21.1 Å². The van der Waals surface area contributed by atoms with E-state index in [2.05, 4.69) is 10.6 Å². The van der Waals surface area contributed by atoms with Crippen LogP contribution in [-0.2, 0) is 9.53 Å². The highest BCUT2D eigenvalue weighted by Gasteiger charge is 2.17. The van der Waals surface area contributed by atoms with Crippen molar-refractivity contribution in [2.24, 2.45) is 0 Å². The molecule has 1 unspecified atom stereocenters. The van der Waals surface area contributed by atoms with E-state index in [-0.39, 0.29) is 24.4 Å². The molecule has 1 aliphatic heterocycles. The minimum Gasteiger partial charge on any atom is -0.455 e. The Morgan fingerprint density at radius 3 is 2.72 bits per heavy atom. The van der Waals surface area contributed by atoms with Crippen LogP contribution < -0.4 is 15.4 Å².